The van der Waals surface area contributed by atoms with Gasteiger partial charge in [-0.1, -0.05) is 49.3 Å². The highest BCUT2D eigenvalue weighted by atomic mass is 16.5. The lowest BCUT2D eigenvalue weighted by molar-refractivity contribution is 0.137. The lowest BCUT2D eigenvalue weighted by atomic mass is 10.1. The van der Waals surface area contributed by atoms with E-state index in [0.29, 0.717) is 12.3 Å². The van der Waals surface area contributed by atoms with Crippen molar-refractivity contribution in [3.05, 3.63) is 35.9 Å². The fraction of sp³-hybridized carbons (Fsp3) is 0.429. The minimum Gasteiger partial charge on any atom is -0.445 e. The molecule has 1 unspecified atom stereocenters. The number of rotatable bonds is 6. The Morgan fingerprint density at radius 3 is 2.68 bits per heavy atom. The Bertz CT molecular complexity index is 404. The van der Waals surface area contributed by atoms with Gasteiger partial charge in [-0.25, -0.2) is 4.79 Å². The van der Waals surface area contributed by atoms with Gasteiger partial charge in [0.1, 0.15) is 6.61 Å². The number of amides is 1. The summed E-state index contributed by atoms with van der Waals surface area (Å²) >= 11 is 0. The van der Waals surface area contributed by atoms with Crippen molar-refractivity contribution in [2.75, 3.05) is 0 Å². The van der Waals surface area contributed by atoms with E-state index in [1.807, 2.05) is 44.2 Å². The number of hydrogen-bond acceptors (Lipinski definition) is 4. The second-order valence-electron chi connectivity index (χ2n) is 4.71. The molecule has 0 aliphatic rings. The highest BCUT2D eigenvalue weighted by Gasteiger charge is 2.13. The third-order valence-electron chi connectivity index (χ3n) is 2.49. The first kappa shape index (κ1) is 15.0. The first-order valence-corrected chi connectivity index (χ1v) is 6.26. The minimum atomic E-state index is -0.519. The van der Waals surface area contributed by atoms with Crippen molar-refractivity contribution in [3.8, 4) is 0 Å². The molecule has 104 valence electrons. The van der Waals surface area contributed by atoms with Gasteiger partial charge in [-0.05, 0) is 17.9 Å². The summed E-state index contributed by atoms with van der Waals surface area (Å²) in [4.78, 5) is 11.6. The summed E-state index contributed by atoms with van der Waals surface area (Å²) in [7, 11) is 0. The van der Waals surface area contributed by atoms with Crippen molar-refractivity contribution in [2.24, 2.45) is 11.1 Å². The quantitative estimate of drug-likeness (QED) is 0.471. The van der Waals surface area contributed by atoms with Gasteiger partial charge in [-0.2, -0.15) is 0 Å². The van der Waals surface area contributed by atoms with Crippen LogP contribution in [0.3, 0.4) is 0 Å². The van der Waals surface area contributed by atoms with E-state index in [9.17, 15) is 4.79 Å². The Balaban J connectivity index is 2.40. The van der Waals surface area contributed by atoms with Crippen LogP contribution in [0.15, 0.2) is 35.5 Å². The maximum atomic E-state index is 11.6. The zero-order valence-electron chi connectivity index (χ0n) is 11.2. The van der Waals surface area contributed by atoms with Crippen LogP contribution in [0.2, 0.25) is 0 Å². The molecular formula is C14H20N2O3. The number of nitrogens with zero attached hydrogens (tertiary/aromatic N) is 1. The van der Waals surface area contributed by atoms with Crippen molar-refractivity contribution in [3.63, 3.8) is 0 Å². The third-order valence-corrected chi connectivity index (χ3v) is 2.49. The molecule has 0 heterocycles. The summed E-state index contributed by atoms with van der Waals surface area (Å²) in [5, 5.41) is 14.2. The largest absolute Gasteiger partial charge is 0.445 e. The average molecular weight is 264 g/mol. The molecule has 5 heteroatoms. The van der Waals surface area contributed by atoms with Crippen molar-refractivity contribution in [2.45, 2.75) is 32.9 Å². The third kappa shape index (κ3) is 6.45. The Hall–Kier alpha value is -2.04. The van der Waals surface area contributed by atoms with Crippen molar-refractivity contribution in [1.29, 1.82) is 0 Å². The van der Waals surface area contributed by atoms with Crippen LogP contribution in [-0.2, 0) is 11.3 Å². The molecule has 2 N–H and O–H groups in total. The van der Waals surface area contributed by atoms with E-state index in [1.54, 1.807) is 0 Å². The van der Waals surface area contributed by atoms with Crippen LogP contribution in [0.25, 0.3) is 0 Å². The number of ether oxygens (including phenoxy) is 1. The summed E-state index contributed by atoms with van der Waals surface area (Å²) in [6.45, 7) is 4.27. The summed E-state index contributed by atoms with van der Waals surface area (Å²) in [5.74, 6) is 0.373. The van der Waals surface area contributed by atoms with Crippen molar-refractivity contribution in [1.82, 2.24) is 5.32 Å². The highest BCUT2D eigenvalue weighted by Crippen LogP contribution is 2.04. The van der Waals surface area contributed by atoms with E-state index in [4.69, 9.17) is 9.94 Å². The standard InChI is InChI=1S/C14H20N2O3/c1-11(2)8-13(9-15-18)16-14(17)19-10-12-6-4-3-5-7-12/h3-7,9,11,13,18H,8,10H2,1-2H3,(H,16,17)/b15-9-. The number of oxime groups is 1. The van der Waals surface area contributed by atoms with Gasteiger partial charge in [0, 0.05) is 0 Å². The van der Waals surface area contributed by atoms with Gasteiger partial charge in [0.15, 0.2) is 0 Å². The molecule has 0 aromatic heterocycles. The van der Waals surface area contributed by atoms with Gasteiger partial charge < -0.3 is 15.3 Å². The molecule has 1 rings (SSSR count). The average Bonchev–Trinajstić information content (AvgIpc) is 2.37. The van der Waals surface area contributed by atoms with Crippen molar-refractivity contribution < 1.29 is 14.7 Å². The zero-order valence-corrected chi connectivity index (χ0v) is 11.2. The van der Waals surface area contributed by atoms with E-state index in [1.165, 1.54) is 6.21 Å². The lowest BCUT2D eigenvalue weighted by Crippen LogP contribution is -2.37. The Kier molecular flexibility index (Phi) is 6.43. The molecule has 0 aliphatic carbocycles. The summed E-state index contributed by atoms with van der Waals surface area (Å²) < 4.78 is 5.09. The van der Waals surface area contributed by atoms with E-state index in [2.05, 4.69) is 10.5 Å². The van der Waals surface area contributed by atoms with E-state index in [-0.39, 0.29) is 12.6 Å². The number of alkyl carbamates (subject to hydrolysis) is 1. The topological polar surface area (TPSA) is 70.9 Å². The van der Waals surface area contributed by atoms with Crippen molar-refractivity contribution >= 4 is 12.3 Å². The summed E-state index contributed by atoms with van der Waals surface area (Å²) in [5.41, 5.74) is 0.925. The van der Waals surface area contributed by atoms with Gasteiger partial charge >= 0.3 is 6.09 Å². The minimum absolute atomic E-state index is 0.220. The fourth-order valence-electron chi connectivity index (χ4n) is 1.66. The highest BCUT2D eigenvalue weighted by molar-refractivity contribution is 5.74. The van der Waals surface area contributed by atoms with Gasteiger partial charge in [0.25, 0.3) is 0 Å². The van der Waals surface area contributed by atoms with Crippen LogP contribution < -0.4 is 5.32 Å². The molecule has 1 atom stereocenters. The monoisotopic (exact) mass is 264 g/mol. The normalized spacial score (nSPS) is 12.6. The molecular weight excluding hydrogens is 244 g/mol. The molecule has 0 saturated carbocycles. The lowest BCUT2D eigenvalue weighted by Gasteiger charge is -2.15. The number of carbonyl (C=O) groups excluding carboxylic acids is 1. The predicted octanol–water partition coefficient (Wildman–Crippen LogP) is 2.79. The predicted molar refractivity (Wildman–Crippen MR) is 73.3 cm³/mol. The smallest absolute Gasteiger partial charge is 0.407 e. The number of carbonyl (C=O) groups is 1. The fourth-order valence-corrected chi connectivity index (χ4v) is 1.66. The van der Waals surface area contributed by atoms with Gasteiger partial charge in [-0.15, -0.1) is 0 Å². The van der Waals surface area contributed by atoms with Crippen LogP contribution >= 0.6 is 0 Å². The van der Waals surface area contributed by atoms with Crippen LogP contribution in [0.1, 0.15) is 25.8 Å². The Morgan fingerprint density at radius 1 is 1.42 bits per heavy atom. The SMILES string of the molecule is CC(C)CC(/C=N\O)NC(=O)OCc1ccccc1. The molecule has 1 aromatic carbocycles. The van der Waals surface area contributed by atoms with Crippen LogP contribution in [0.5, 0.6) is 0 Å². The van der Waals surface area contributed by atoms with E-state index < -0.39 is 6.09 Å². The molecule has 0 aliphatic heterocycles. The van der Waals surface area contributed by atoms with Crippen LogP contribution in [-0.4, -0.2) is 23.6 Å². The molecule has 1 aromatic rings. The Labute approximate surface area is 113 Å². The zero-order chi connectivity index (χ0) is 14.1. The molecule has 19 heavy (non-hydrogen) atoms. The van der Waals surface area contributed by atoms with Gasteiger partial charge in [-0.3, -0.25) is 0 Å². The Morgan fingerprint density at radius 2 is 2.11 bits per heavy atom. The number of nitrogens with one attached hydrogen (secondary N) is 1. The van der Waals surface area contributed by atoms with Gasteiger partial charge in [0.05, 0.1) is 12.3 Å². The van der Waals surface area contributed by atoms with E-state index >= 15 is 0 Å². The van der Waals surface area contributed by atoms with Crippen LogP contribution in [0.4, 0.5) is 4.79 Å². The second-order valence-corrected chi connectivity index (χ2v) is 4.71. The summed E-state index contributed by atoms with van der Waals surface area (Å²) in [6.07, 6.45) is 1.46. The maximum absolute atomic E-state index is 11.6. The number of benzene rings is 1. The van der Waals surface area contributed by atoms with Gasteiger partial charge in [0.2, 0.25) is 0 Å². The molecule has 1 amide bonds. The molecule has 0 fully saturated rings. The molecule has 0 saturated heterocycles. The van der Waals surface area contributed by atoms with Crippen LogP contribution in [0, 0.1) is 5.92 Å². The second kappa shape index (κ2) is 8.13. The first-order valence-electron chi connectivity index (χ1n) is 6.26. The molecule has 5 nitrogen and oxygen atoms in total. The number of hydrogen-bond donors (Lipinski definition) is 2. The molecule has 0 spiro atoms. The first-order chi connectivity index (χ1) is 9.11. The molecule has 0 bridgehead atoms. The summed E-state index contributed by atoms with van der Waals surface area (Å²) in [6, 6.07) is 9.11. The maximum Gasteiger partial charge on any atom is 0.407 e. The molecule has 0 radical (unpaired) electrons. The van der Waals surface area contributed by atoms with E-state index in [0.717, 1.165) is 5.56 Å².